The van der Waals surface area contributed by atoms with Crippen LogP contribution in [0.25, 0.3) is 0 Å². The van der Waals surface area contributed by atoms with Crippen molar-refractivity contribution in [1.29, 1.82) is 0 Å². The van der Waals surface area contributed by atoms with Crippen LogP contribution < -0.4 is 5.32 Å². The smallest absolute Gasteiger partial charge is 0.410 e. The van der Waals surface area contributed by atoms with Crippen molar-refractivity contribution >= 4 is 12.0 Å². The largest absolute Gasteiger partial charge is 0.444 e. The molecule has 136 valence electrons. The van der Waals surface area contributed by atoms with E-state index in [0.717, 1.165) is 5.56 Å². The molecule has 1 N–H and O–H groups in total. The Morgan fingerprint density at radius 2 is 1.84 bits per heavy atom. The summed E-state index contributed by atoms with van der Waals surface area (Å²) < 4.78 is 5.46. The van der Waals surface area contributed by atoms with Gasteiger partial charge in [0.2, 0.25) is 5.91 Å². The van der Waals surface area contributed by atoms with Crippen molar-refractivity contribution in [3.05, 3.63) is 35.9 Å². The van der Waals surface area contributed by atoms with Crippen molar-refractivity contribution in [2.75, 3.05) is 19.6 Å². The maximum atomic E-state index is 12.4. The molecule has 25 heavy (non-hydrogen) atoms. The third kappa shape index (κ3) is 3.95. The van der Waals surface area contributed by atoms with Crippen LogP contribution >= 0.6 is 0 Å². The van der Waals surface area contributed by atoms with E-state index in [1.165, 1.54) is 0 Å². The van der Waals surface area contributed by atoms with Crippen molar-refractivity contribution in [3.63, 3.8) is 0 Å². The maximum absolute atomic E-state index is 12.4. The molecule has 2 heterocycles. The molecule has 2 saturated heterocycles. The SMILES string of the molecule is CC(C)(C)OC(=O)N1CCC2(CC1)NCC(=O)N2Cc1ccccc1. The average Bonchev–Trinajstić information content (AvgIpc) is 2.85. The zero-order chi connectivity index (χ0) is 18.1. The van der Waals surface area contributed by atoms with Crippen LogP contribution in [-0.4, -0.2) is 52.7 Å². The molecule has 3 rings (SSSR count). The summed E-state index contributed by atoms with van der Waals surface area (Å²) in [5.41, 5.74) is 0.270. The van der Waals surface area contributed by atoms with Crippen LogP contribution in [0.4, 0.5) is 4.79 Å². The molecule has 0 bridgehead atoms. The lowest BCUT2D eigenvalue weighted by Gasteiger charge is -2.44. The Morgan fingerprint density at radius 3 is 2.44 bits per heavy atom. The van der Waals surface area contributed by atoms with Gasteiger partial charge in [0.15, 0.2) is 0 Å². The molecule has 2 aliphatic heterocycles. The predicted octanol–water partition coefficient (Wildman–Crippen LogP) is 2.35. The van der Waals surface area contributed by atoms with E-state index in [0.29, 0.717) is 39.0 Å². The topological polar surface area (TPSA) is 61.9 Å². The van der Waals surface area contributed by atoms with E-state index in [-0.39, 0.29) is 17.7 Å². The van der Waals surface area contributed by atoms with Gasteiger partial charge in [-0.2, -0.15) is 0 Å². The van der Waals surface area contributed by atoms with Gasteiger partial charge in [-0.15, -0.1) is 0 Å². The number of likely N-dealkylation sites (tertiary alicyclic amines) is 1. The molecule has 2 fully saturated rings. The molecule has 0 aromatic heterocycles. The summed E-state index contributed by atoms with van der Waals surface area (Å²) in [6.45, 7) is 7.73. The number of hydrogen-bond donors (Lipinski definition) is 1. The van der Waals surface area contributed by atoms with Crippen LogP contribution in [0.2, 0.25) is 0 Å². The number of nitrogens with zero attached hydrogens (tertiary/aromatic N) is 2. The minimum Gasteiger partial charge on any atom is -0.444 e. The average molecular weight is 345 g/mol. The predicted molar refractivity (Wildman–Crippen MR) is 94.8 cm³/mol. The normalized spacial score (nSPS) is 20.2. The first-order chi connectivity index (χ1) is 11.8. The highest BCUT2D eigenvalue weighted by Gasteiger charge is 2.47. The quantitative estimate of drug-likeness (QED) is 0.894. The van der Waals surface area contributed by atoms with Gasteiger partial charge in [-0.05, 0) is 26.3 Å². The van der Waals surface area contributed by atoms with Gasteiger partial charge < -0.3 is 14.5 Å². The number of piperidine rings is 1. The first-order valence-electron chi connectivity index (χ1n) is 8.86. The Labute approximate surface area is 149 Å². The first kappa shape index (κ1) is 17.7. The Kier molecular flexibility index (Phi) is 4.73. The maximum Gasteiger partial charge on any atom is 0.410 e. The molecule has 0 radical (unpaired) electrons. The third-order valence-electron chi connectivity index (χ3n) is 4.81. The van der Waals surface area contributed by atoms with Crippen LogP contribution in [0.1, 0.15) is 39.2 Å². The van der Waals surface area contributed by atoms with Crippen molar-refractivity contribution in [1.82, 2.24) is 15.1 Å². The highest BCUT2D eigenvalue weighted by molar-refractivity contribution is 5.81. The summed E-state index contributed by atoms with van der Waals surface area (Å²) in [7, 11) is 0. The number of carbonyl (C=O) groups excluding carboxylic acids is 2. The van der Waals surface area contributed by atoms with Crippen LogP contribution in [-0.2, 0) is 16.1 Å². The third-order valence-corrected chi connectivity index (χ3v) is 4.81. The van der Waals surface area contributed by atoms with Crippen molar-refractivity contribution < 1.29 is 14.3 Å². The number of hydrogen-bond acceptors (Lipinski definition) is 4. The molecule has 0 saturated carbocycles. The van der Waals surface area contributed by atoms with Gasteiger partial charge in [-0.3, -0.25) is 10.1 Å². The lowest BCUT2D eigenvalue weighted by Crippen LogP contribution is -2.59. The van der Waals surface area contributed by atoms with Gasteiger partial charge in [0.25, 0.3) is 0 Å². The summed E-state index contributed by atoms with van der Waals surface area (Å²) in [5.74, 6) is 0.120. The van der Waals surface area contributed by atoms with Gasteiger partial charge in [-0.25, -0.2) is 4.79 Å². The van der Waals surface area contributed by atoms with Crippen molar-refractivity contribution in [3.8, 4) is 0 Å². The summed E-state index contributed by atoms with van der Waals surface area (Å²) in [6, 6.07) is 10.0. The summed E-state index contributed by atoms with van der Waals surface area (Å²) in [5, 5.41) is 3.40. The molecule has 1 aromatic carbocycles. The zero-order valence-electron chi connectivity index (χ0n) is 15.2. The summed E-state index contributed by atoms with van der Waals surface area (Å²) in [6.07, 6.45) is 1.15. The number of nitrogens with one attached hydrogen (secondary N) is 1. The summed E-state index contributed by atoms with van der Waals surface area (Å²) in [4.78, 5) is 28.3. The Morgan fingerprint density at radius 1 is 1.20 bits per heavy atom. The first-order valence-corrected chi connectivity index (χ1v) is 8.86. The number of amides is 2. The van der Waals surface area contributed by atoms with Crippen LogP contribution in [0.3, 0.4) is 0 Å². The van der Waals surface area contributed by atoms with Gasteiger partial charge in [-0.1, -0.05) is 30.3 Å². The van der Waals surface area contributed by atoms with E-state index in [9.17, 15) is 9.59 Å². The van der Waals surface area contributed by atoms with E-state index < -0.39 is 5.60 Å². The number of ether oxygens (including phenoxy) is 1. The molecule has 1 spiro atoms. The van der Waals surface area contributed by atoms with Gasteiger partial charge in [0.05, 0.1) is 12.2 Å². The molecule has 0 atom stereocenters. The number of carbonyl (C=O) groups is 2. The standard InChI is InChI=1S/C19H27N3O3/c1-18(2,3)25-17(24)21-11-9-19(10-12-21)20-13-16(23)22(19)14-15-7-5-4-6-8-15/h4-8,20H,9-14H2,1-3H3. The van der Waals surface area contributed by atoms with E-state index >= 15 is 0 Å². The fourth-order valence-corrected chi connectivity index (χ4v) is 3.51. The molecule has 2 amide bonds. The summed E-state index contributed by atoms with van der Waals surface area (Å²) >= 11 is 0. The minimum absolute atomic E-state index is 0.120. The van der Waals surface area contributed by atoms with E-state index in [1.54, 1.807) is 4.90 Å². The molecule has 0 aliphatic carbocycles. The minimum atomic E-state index is -0.493. The number of rotatable bonds is 2. The van der Waals surface area contributed by atoms with E-state index in [1.807, 2.05) is 56.0 Å². The monoisotopic (exact) mass is 345 g/mol. The Hall–Kier alpha value is -2.08. The Balaban J connectivity index is 1.66. The second kappa shape index (κ2) is 6.67. The molecule has 6 heteroatoms. The molecular weight excluding hydrogens is 318 g/mol. The second-order valence-corrected chi connectivity index (χ2v) is 7.82. The molecular formula is C19H27N3O3. The van der Waals surface area contributed by atoms with Crippen LogP contribution in [0.15, 0.2) is 30.3 Å². The Bertz CT molecular complexity index is 631. The molecule has 6 nitrogen and oxygen atoms in total. The highest BCUT2D eigenvalue weighted by atomic mass is 16.6. The van der Waals surface area contributed by atoms with Crippen molar-refractivity contribution in [2.24, 2.45) is 0 Å². The van der Waals surface area contributed by atoms with Gasteiger partial charge in [0.1, 0.15) is 5.60 Å². The van der Waals surface area contributed by atoms with Gasteiger partial charge >= 0.3 is 6.09 Å². The fraction of sp³-hybridized carbons (Fsp3) is 0.579. The zero-order valence-corrected chi connectivity index (χ0v) is 15.2. The lowest BCUT2D eigenvalue weighted by molar-refractivity contribution is -0.132. The second-order valence-electron chi connectivity index (χ2n) is 7.82. The van der Waals surface area contributed by atoms with Crippen LogP contribution in [0, 0.1) is 0 Å². The fourth-order valence-electron chi connectivity index (χ4n) is 3.51. The molecule has 0 unspecified atom stereocenters. The lowest BCUT2D eigenvalue weighted by atomic mass is 9.95. The van der Waals surface area contributed by atoms with Gasteiger partial charge in [0, 0.05) is 32.5 Å². The molecule has 2 aliphatic rings. The van der Waals surface area contributed by atoms with Crippen LogP contribution in [0.5, 0.6) is 0 Å². The van der Waals surface area contributed by atoms with Crippen molar-refractivity contribution in [2.45, 2.75) is 51.4 Å². The molecule has 1 aromatic rings. The number of benzene rings is 1. The van der Waals surface area contributed by atoms with E-state index in [4.69, 9.17) is 4.74 Å². The highest BCUT2D eigenvalue weighted by Crippen LogP contribution is 2.32. The van der Waals surface area contributed by atoms with E-state index in [2.05, 4.69) is 5.32 Å².